The molecule has 2 amide bonds. The molecule has 0 saturated heterocycles. The normalized spacial score (nSPS) is 14.7. The molecule has 1 fully saturated rings. The average molecular weight is 631 g/mol. The topological polar surface area (TPSA) is 86.8 Å². The van der Waals surface area contributed by atoms with E-state index in [-0.39, 0.29) is 39.1 Å². The van der Waals surface area contributed by atoms with E-state index in [2.05, 4.69) is 5.32 Å². The molecular weight excluding hydrogens is 593 g/mol. The zero-order valence-corrected chi connectivity index (χ0v) is 26.3. The molecule has 0 spiro atoms. The number of hydrogen-bond acceptors (Lipinski definition) is 4. The van der Waals surface area contributed by atoms with Crippen LogP contribution in [0.25, 0.3) is 0 Å². The maximum Gasteiger partial charge on any atom is 0.264 e. The first-order chi connectivity index (χ1) is 20.0. The molecule has 3 aromatic carbocycles. The van der Waals surface area contributed by atoms with Gasteiger partial charge in [-0.3, -0.25) is 13.9 Å². The number of nitrogens with one attached hydrogen (secondary N) is 1. The predicted molar refractivity (Wildman–Crippen MR) is 169 cm³/mol. The fourth-order valence-electron chi connectivity index (χ4n) is 5.19. The third kappa shape index (κ3) is 8.27. The van der Waals surface area contributed by atoms with Crippen molar-refractivity contribution in [2.24, 2.45) is 0 Å². The molecule has 7 nitrogen and oxygen atoms in total. The van der Waals surface area contributed by atoms with Crippen LogP contribution in [0.2, 0.25) is 10.0 Å². The van der Waals surface area contributed by atoms with E-state index in [0.717, 1.165) is 47.5 Å². The number of nitrogens with zero attached hydrogens (tertiary/aromatic N) is 2. The molecule has 1 N–H and O–H groups in total. The van der Waals surface area contributed by atoms with E-state index < -0.39 is 28.5 Å². The molecule has 10 heteroatoms. The molecule has 4 rings (SSSR count). The van der Waals surface area contributed by atoms with Gasteiger partial charge in [-0.25, -0.2) is 8.42 Å². The van der Waals surface area contributed by atoms with Gasteiger partial charge in [0, 0.05) is 22.6 Å². The third-order valence-corrected chi connectivity index (χ3v) is 9.85. The highest BCUT2D eigenvalue weighted by Gasteiger charge is 2.33. The number of hydrogen-bond donors (Lipinski definition) is 1. The summed E-state index contributed by atoms with van der Waals surface area (Å²) in [7, 11) is -4.20. The first-order valence-corrected chi connectivity index (χ1v) is 16.4. The van der Waals surface area contributed by atoms with Gasteiger partial charge in [0.2, 0.25) is 11.8 Å². The van der Waals surface area contributed by atoms with Gasteiger partial charge in [-0.2, -0.15) is 0 Å². The Kier molecular flexibility index (Phi) is 10.9. The van der Waals surface area contributed by atoms with Gasteiger partial charge in [0.15, 0.2) is 0 Å². The van der Waals surface area contributed by atoms with Crippen LogP contribution in [0.3, 0.4) is 0 Å². The number of amides is 2. The van der Waals surface area contributed by atoms with Crippen molar-refractivity contribution < 1.29 is 18.0 Å². The molecule has 1 aliphatic carbocycles. The SMILES string of the molecule is Cc1ccc(S(=O)(=O)N(CC(=O)N(CCc2ccccc2)[C@H](C)C(=O)NC2CCCCC2)c2cc(Cl)cc(Cl)c2)cc1. The van der Waals surface area contributed by atoms with Crippen LogP contribution in [0.5, 0.6) is 0 Å². The largest absolute Gasteiger partial charge is 0.352 e. The van der Waals surface area contributed by atoms with Gasteiger partial charge in [-0.1, -0.05) is 90.5 Å². The van der Waals surface area contributed by atoms with E-state index in [1.165, 1.54) is 35.2 Å². The van der Waals surface area contributed by atoms with Crippen molar-refractivity contribution in [2.45, 2.75) is 69.4 Å². The minimum absolute atomic E-state index is 0.0240. The Balaban J connectivity index is 1.66. The Morgan fingerprint density at radius 1 is 0.929 bits per heavy atom. The molecule has 0 bridgehead atoms. The molecule has 224 valence electrons. The first-order valence-electron chi connectivity index (χ1n) is 14.2. The second-order valence-corrected chi connectivity index (χ2v) is 13.5. The fraction of sp³-hybridized carbons (Fsp3) is 0.375. The number of rotatable bonds is 11. The Hall–Kier alpha value is -3.07. The summed E-state index contributed by atoms with van der Waals surface area (Å²) in [5.41, 5.74) is 2.05. The lowest BCUT2D eigenvalue weighted by atomic mass is 9.95. The molecule has 1 saturated carbocycles. The van der Waals surface area contributed by atoms with Crippen molar-refractivity contribution in [1.82, 2.24) is 10.2 Å². The van der Waals surface area contributed by atoms with Crippen LogP contribution in [0, 0.1) is 6.92 Å². The highest BCUT2D eigenvalue weighted by atomic mass is 35.5. The first kappa shape index (κ1) is 31.9. The standard InChI is InChI=1S/C32H37Cl2N3O4S/c1-23-13-15-30(16-14-23)42(40,41)37(29-20-26(33)19-27(34)21-29)22-31(38)36(18-17-25-9-5-3-6-10-25)24(2)32(39)35-28-11-7-4-8-12-28/h3,5-6,9-10,13-16,19-21,24,28H,4,7-8,11-12,17-18,22H2,1-2H3,(H,35,39)/t24-/m1/s1. The van der Waals surface area contributed by atoms with Crippen LogP contribution in [0.15, 0.2) is 77.7 Å². The third-order valence-electron chi connectivity index (χ3n) is 7.63. The van der Waals surface area contributed by atoms with Crippen LogP contribution in [0.1, 0.15) is 50.2 Å². The van der Waals surface area contributed by atoms with E-state index in [4.69, 9.17) is 23.2 Å². The minimum atomic E-state index is -4.20. The number of sulfonamides is 1. The van der Waals surface area contributed by atoms with Crippen molar-refractivity contribution in [3.63, 3.8) is 0 Å². The number of benzene rings is 3. The minimum Gasteiger partial charge on any atom is -0.352 e. The number of anilines is 1. The molecular formula is C32H37Cl2N3O4S. The summed E-state index contributed by atoms with van der Waals surface area (Å²) in [5, 5.41) is 3.58. The van der Waals surface area contributed by atoms with Crippen LogP contribution in [-0.2, 0) is 26.0 Å². The predicted octanol–water partition coefficient (Wildman–Crippen LogP) is 6.41. The molecule has 42 heavy (non-hydrogen) atoms. The van der Waals surface area contributed by atoms with Gasteiger partial charge in [0.05, 0.1) is 10.6 Å². The summed E-state index contributed by atoms with van der Waals surface area (Å²) in [6.07, 6.45) is 5.60. The van der Waals surface area contributed by atoms with Gasteiger partial charge in [-0.15, -0.1) is 0 Å². The van der Waals surface area contributed by atoms with Gasteiger partial charge in [0.25, 0.3) is 10.0 Å². The van der Waals surface area contributed by atoms with Crippen LogP contribution in [-0.4, -0.2) is 50.3 Å². The van der Waals surface area contributed by atoms with Gasteiger partial charge < -0.3 is 10.2 Å². The van der Waals surface area contributed by atoms with E-state index in [0.29, 0.717) is 6.42 Å². The van der Waals surface area contributed by atoms with Crippen molar-refractivity contribution in [3.05, 3.63) is 94.0 Å². The van der Waals surface area contributed by atoms with Crippen LogP contribution >= 0.6 is 23.2 Å². The quantitative estimate of drug-likeness (QED) is 0.266. The molecule has 1 atom stereocenters. The summed E-state index contributed by atoms with van der Waals surface area (Å²) < 4.78 is 28.9. The Labute approximate surface area is 258 Å². The summed E-state index contributed by atoms with van der Waals surface area (Å²) in [4.78, 5) is 28.9. The molecule has 0 radical (unpaired) electrons. The van der Waals surface area contributed by atoms with Gasteiger partial charge >= 0.3 is 0 Å². The second kappa shape index (κ2) is 14.4. The van der Waals surface area contributed by atoms with Crippen molar-refractivity contribution in [1.29, 1.82) is 0 Å². The lowest BCUT2D eigenvalue weighted by molar-refractivity contribution is -0.139. The maximum atomic E-state index is 14.1. The van der Waals surface area contributed by atoms with Gasteiger partial charge in [-0.05, 0) is 69.0 Å². The van der Waals surface area contributed by atoms with E-state index in [1.807, 2.05) is 37.3 Å². The highest BCUT2D eigenvalue weighted by molar-refractivity contribution is 7.92. The van der Waals surface area contributed by atoms with Crippen molar-refractivity contribution in [2.75, 3.05) is 17.4 Å². The smallest absolute Gasteiger partial charge is 0.264 e. The Bertz CT molecular complexity index is 1460. The number of carbonyl (C=O) groups is 2. The van der Waals surface area contributed by atoms with Gasteiger partial charge in [0.1, 0.15) is 12.6 Å². The zero-order chi connectivity index (χ0) is 30.3. The fourth-order valence-corrected chi connectivity index (χ4v) is 7.10. The van der Waals surface area contributed by atoms with Crippen molar-refractivity contribution in [3.8, 4) is 0 Å². The van der Waals surface area contributed by atoms with Crippen LogP contribution < -0.4 is 9.62 Å². The Morgan fingerprint density at radius 3 is 2.17 bits per heavy atom. The summed E-state index contributed by atoms with van der Waals surface area (Å²) >= 11 is 12.5. The Morgan fingerprint density at radius 2 is 1.55 bits per heavy atom. The molecule has 0 aromatic heterocycles. The lowest BCUT2D eigenvalue weighted by Crippen LogP contribution is -2.53. The summed E-state index contributed by atoms with van der Waals surface area (Å²) in [6.45, 7) is 3.24. The van der Waals surface area contributed by atoms with E-state index >= 15 is 0 Å². The monoisotopic (exact) mass is 629 g/mol. The number of aryl methyl sites for hydroxylation is 1. The average Bonchev–Trinajstić information content (AvgIpc) is 2.96. The molecule has 3 aromatic rings. The summed E-state index contributed by atoms with van der Waals surface area (Å²) in [5.74, 6) is -0.758. The van der Waals surface area contributed by atoms with Crippen molar-refractivity contribution >= 4 is 50.7 Å². The summed E-state index contributed by atoms with van der Waals surface area (Å²) in [6, 6.07) is 19.7. The van der Waals surface area contributed by atoms with E-state index in [1.54, 1.807) is 19.1 Å². The van der Waals surface area contributed by atoms with Crippen LogP contribution in [0.4, 0.5) is 5.69 Å². The molecule has 0 aliphatic heterocycles. The lowest BCUT2D eigenvalue weighted by Gasteiger charge is -2.33. The molecule has 1 aliphatic rings. The maximum absolute atomic E-state index is 14.1. The molecule has 0 unspecified atom stereocenters. The second-order valence-electron chi connectivity index (χ2n) is 10.8. The number of carbonyl (C=O) groups excluding carboxylic acids is 2. The zero-order valence-electron chi connectivity index (χ0n) is 23.9. The molecule has 0 heterocycles. The van der Waals surface area contributed by atoms with E-state index in [9.17, 15) is 18.0 Å². The number of halogens is 2. The highest BCUT2D eigenvalue weighted by Crippen LogP contribution is 2.30.